The average molecular weight is 230 g/mol. The largest absolute Gasteiger partial charge is 0.384 e. The van der Waals surface area contributed by atoms with Crippen LogP contribution in [0.5, 0.6) is 0 Å². The molecule has 1 aliphatic rings. The number of anilines is 1. The first-order valence-corrected chi connectivity index (χ1v) is 6.30. The Morgan fingerprint density at radius 1 is 1.67 bits per heavy atom. The number of nitrogen functional groups attached to an aromatic ring is 1. The van der Waals surface area contributed by atoms with Gasteiger partial charge in [0.05, 0.1) is 11.4 Å². The summed E-state index contributed by atoms with van der Waals surface area (Å²) < 4.78 is 27.1. The first-order chi connectivity index (χ1) is 7.00. The van der Waals surface area contributed by atoms with Gasteiger partial charge in [0.15, 0.2) is 0 Å². The molecule has 0 aliphatic heterocycles. The molecule has 1 aliphatic carbocycles. The molecule has 0 aromatic carbocycles. The van der Waals surface area contributed by atoms with E-state index in [9.17, 15) is 8.42 Å². The van der Waals surface area contributed by atoms with Crippen molar-refractivity contribution in [2.75, 3.05) is 5.73 Å². The summed E-state index contributed by atoms with van der Waals surface area (Å²) in [6.45, 7) is 0.221. The Morgan fingerprint density at radius 3 is 2.80 bits per heavy atom. The summed E-state index contributed by atoms with van der Waals surface area (Å²) >= 11 is 0. The third kappa shape index (κ3) is 2.13. The van der Waals surface area contributed by atoms with E-state index in [1.165, 1.54) is 4.68 Å². The molecule has 0 amide bonds. The minimum atomic E-state index is -3.14. The average Bonchev–Trinajstić information content (AvgIpc) is 2.96. The van der Waals surface area contributed by atoms with E-state index in [1.807, 2.05) is 0 Å². The smallest absolute Gasteiger partial charge is 0.214 e. The maximum absolute atomic E-state index is 11.5. The summed E-state index contributed by atoms with van der Waals surface area (Å²) in [4.78, 5) is 0. The summed E-state index contributed by atoms with van der Waals surface area (Å²) in [5.41, 5.74) is 6.40. The Hall–Kier alpha value is -1.08. The summed E-state index contributed by atoms with van der Waals surface area (Å²) in [7, 11) is -1.42. The van der Waals surface area contributed by atoms with Crippen molar-refractivity contribution in [1.82, 2.24) is 14.5 Å². The fourth-order valence-corrected chi connectivity index (χ4v) is 2.65. The Kier molecular flexibility index (Phi) is 2.43. The normalized spacial score (nSPS) is 16.9. The van der Waals surface area contributed by atoms with E-state index in [0.29, 0.717) is 11.4 Å². The van der Waals surface area contributed by atoms with E-state index in [0.717, 1.165) is 12.8 Å². The van der Waals surface area contributed by atoms with Crippen LogP contribution in [-0.2, 0) is 23.6 Å². The molecule has 2 rings (SSSR count). The number of hydrogen-bond donors (Lipinski definition) is 2. The van der Waals surface area contributed by atoms with Crippen molar-refractivity contribution in [3.05, 3.63) is 11.8 Å². The van der Waals surface area contributed by atoms with Crippen LogP contribution in [0.4, 0.5) is 5.82 Å². The fraction of sp³-hybridized carbons (Fsp3) is 0.625. The first kappa shape index (κ1) is 10.4. The molecule has 1 fully saturated rings. The second kappa shape index (κ2) is 3.49. The van der Waals surface area contributed by atoms with Gasteiger partial charge >= 0.3 is 0 Å². The molecule has 0 spiro atoms. The molecule has 0 bridgehead atoms. The standard InChI is InChI=1S/C8H14N4O2S/c1-12-8(9)6(4-10-12)5-11-15(13,14)7-2-3-7/h4,7,11H,2-3,5,9H2,1H3. The molecule has 6 nitrogen and oxygen atoms in total. The van der Waals surface area contributed by atoms with Gasteiger partial charge in [-0.1, -0.05) is 0 Å². The minimum Gasteiger partial charge on any atom is -0.384 e. The van der Waals surface area contributed by atoms with E-state index < -0.39 is 10.0 Å². The lowest BCUT2D eigenvalue weighted by Crippen LogP contribution is -2.26. The Bertz CT molecular complexity index is 461. The number of rotatable bonds is 4. The van der Waals surface area contributed by atoms with Crippen molar-refractivity contribution >= 4 is 15.8 Å². The molecule has 84 valence electrons. The molecule has 0 unspecified atom stereocenters. The molecule has 3 N–H and O–H groups in total. The van der Waals surface area contributed by atoms with Crippen LogP contribution in [0.2, 0.25) is 0 Å². The molecule has 1 aromatic rings. The Balaban J connectivity index is 2.01. The van der Waals surface area contributed by atoms with Crippen molar-refractivity contribution in [3.8, 4) is 0 Å². The molecular formula is C8H14N4O2S. The van der Waals surface area contributed by atoms with Crippen molar-refractivity contribution in [2.24, 2.45) is 7.05 Å². The van der Waals surface area contributed by atoms with Gasteiger partial charge in [0.1, 0.15) is 5.82 Å². The van der Waals surface area contributed by atoms with Crippen LogP contribution in [0.25, 0.3) is 0 Å². The van der Waals surface area contributed by atoms with Crippen LogP contribution in [0.15, 0.2) is 6.20 Å². The second-order valence-corrected chi connectivity index (χ2v) is 5.79. The fourth-order valence-electron chi connectivity index (χ4n) is 1.30. The van der Waals surface area contributed by atoms with Crippen LogP contribution in [-0.4, -0.2) is 23.4 Å². The number of sulfonamides is 1. The lowest BCUT2D eigenvalue weighted by Gasteiger charge is -2.04. The van der Waals surface area contributed by atoms with E-state index in [2.05, 4.69) is 9.82 Å². The lowest BCUT2D eigenvalue weighted by molar-refractivity contribution is 0.580. The number of aromatic nitrogens is 2. The van der Waals surface area contributed by atoms with E-state index >= 15 is 0 Å². The zero-order valence-corrected chi connectivity index (χ0v) is 9.29. The SMILES string of the molecule is Cn1ncc(CNS(=O)(=O)C2CC2)c1N. The van der Waals surface area contributed by atoms with Crippen molar-refractivity contribution in [2.45, 2.75) is 24.6 Å². The Labute approximate surface area is 88.5 Å². The van der Waals surface area contributed by atoms with Gasteiger partial charge in [-0.2, -0.15) is 5.10 Å². The highest BCUT2D eigenvalue weighted by atomic mass is 32.2. The van der Waals surface area contributed by atoms with Gasteiger partial charge in [-0.15, -0.1) is 0 Å². The van der Waals surface area contributed by atoms with Gasteiger partial charge in [0, 0.05) is 19.2 Å². The molecule has 1 saturated carbocycles. The van der Waals surface area contributed by atoms with E-state index in [4.69, 9.17) is 5.73 Å². The van der Waals surface area contributed by atoms with Crippen LogP contribution in [0.1, 0.15) is 18.4 Å². The van der Waals surface area contributed by atoms with Crippen molar-refractivity contribution < 1.29 is 8.42 Å². The van der Waals surface area contributed by atoms with E-state index in [-0.39, 0.29) is 11.8 Å². The van der Waals surface area contributed by atoms with Gasteiger partial charge in [0.25, 0.3) is 0 Å². The predicted molar refractivity (Wildman–Crippen MR) is 56.4 cm³/mol. The van der Waals surface area contributed by atoms with Gasteiger partial charge in [-0.3, -0.25) is 4.68 Å². The van der Waals surface area contributed by atoms with Gasteiger partial charge in [0.2, 0.25) is 10.0 Å². The van der Waals surface area contributed by atoms with Crippen LogP contribution in [0.3, 0.4) is 0 Å². The lowest BCUT2D eigenvalue weighted by atomic mass is 10.3. The number of nitrogens with one attached hydrogen (secondary N) is 1. The third-order valence-corrected chi connectivity index (χ3v) is 4.39. The van der Waals surface area contributed by atoms with E-state index in [1.54, 1.807) is 13.2 Å². The quantitative estimate of drug-likeness (QED) is 0.735. The number of aryl methyl sites for hydroxylation is 1. The summed E-state index contributed by atoms with van der Waals surface area (Å²) in [6, 6.07) is 0. The third-order valence-electron chi connectivity index (χ3n) is 2.49. The topological polar surface area (TPSA) is 90.0 Å². The molecular weight excluding hydrogens is 216 g/mol. The molecule has 1 aromatic heterocycles. The van der Waals surface area contributed by atoms with Gasteiger partial charge in [-0.05, 0) is 12.8 Å². The molecule has 0 atom stereocenters. The van der Waals surface area contributed by atoms with Crippen molar-refractivity contribution in [3.63, 3.8) is 0 Å². The highest BCUT2D eigenvalue weighted by molar-refractivity contribution is 7.90. The summed E-state index contributed by atoms with van der Waals surface area (Å²) in [5.74, 6) is 0.494. The highest BCUT2D eigenvalue weighted by Crippen LogP contribution is 2.27. The van der Waals surface area contributed by atoms with Crippen molar-refractivity contribution in [1.29, 1.82) is 0 Å². The Morgan fingerprint density at radius 2 is 2.33 bits per heavy atom. The van der Waals surface area contributed by atoms with Gasteiger partial charge in [-0.25, -0.2) is 13.1 Å². The minimum absolute atomic E-state index is 0.199. The predicted octanol–water partition coefficient (Wildman–Crippen LogP) is -0.416. The zero-order valence-electron chi connectivity index (χ0n) is 8.47. The monoisotopic (exact) mass is 230 g/mol. The molecule has 7 heteroatoms. The van der Waals surface area contributed by atoms with Crippen LogP contribution in [0, 0.1) is 0 Å². The summed E-state index contributed by atoms with van der Waals surface area (Å²) in [6.07, 6.45) is 3.10. The maximum atomic E-state index is 11.5. The van der Waals surface area contributed by atoms with Crippen LogP contribution >= 0.6 is 0 Å². The second-order valence-electron chi connectivity index (χ2n) is 3.74. The summed E-state index contributed by atoms with van der Waals surface area (Å²) in [5, 5.41) is 3.74. The first-order valence-electron chi connectivity index (χ1n) is 4.75. The molecule has 0 saturated heterocycles. The number of nitrogens with zero attached hydrogens (tertiary/aromatic N) is 2. The highest BCUT2D eigenvalue weighted by Gasteiger charge is 2.35. The maximum Gasteiger partial charge on any atom is 0.214 e. The number of hydrogen-bond acceptors (Lipinski definition) is 4. The van der Waals surface area contributed by atoms with Gasteiger partial charge < -0.3 is 5.73 Å². The van der Waals surface area contributed by atoms with Crippen LogP contribution < -0.4 is 10.5 Å². The number of nitrogens with two attached hydrogens (primary N) is 1. The zero-order chi connectivity index (χ0) is 11.1. The molecule has 15 heavy (non-hydrogen) atoms. The molecule has 1 heterocycles. The molecule has 0 radical (unpaired) electrons.